The van der Waals surface area contributed by atoms with Gasteiger partial charge in [0.25, 0.3) is 0 Å². The second-order valence-electron chi connectivity index (χ2n) is 12.3. The van der Waals surface area contributed by atoms with Crippen LogP contribution in [0, 0.1) is 0 Å². The van der Waals surface area contributed by atoms with Gasteiger partial charge in [-0.1, -0.05) is 36.2 Å². The van der Waals surface area contributed by atoms with Crippen molar-refractivity contribution >= 4 is 34.7 Å². The summed E-state index contributed by atoms with van der Waals surface area (Å²) in [4.78, 5) is 26.3. The highest BCUT2D eigenvalue weighted by Gasteiger charge is 2.45. The van der Waals surface area contributed by atoms with Gasteiger partial charge in [-0.15, -0.1) is 0 Å². The third-order valence-corrected chi connectivity index (χ3v) is 9.65. The van der Waals surface area contributed by atoms with Gasteiger partial charge < -0.3 is 28.6 Å². The van der Waals surface area contributed by atoms with Crippen LogP contribution in [0.1, 0.15) is 31.9 Å². The van der Waals surface area contributed by atoms with Gasteiger partial charge in [0.15, 0.2) is 0 Å². The summed E-state index contributed by atoms with van der Waals surface area (Å²) in [6.07, 6.45) is 9.12. The maximum absolute atomic E-state index is 12.8. The molecule has 0 amide bonds. The van der Waals surface area contributed by atoms with Crippen molar-refractivity contribution in [3.8, 4) is 11.4 Å². The molecule has 12 nitrogen and oxygen atoms in total. The SMILES string of the molecule is CC[C@H](C)n1ncn(-c2ccc(N3CCN(c4ccc(OC[C@@H]5CO[C@@](Cn6ccnc6)(c6ccc(Cl)cc6Cl)O5)cn4)CC3)cc2)c1=O. The highest BCUT2D eigenvalue weighted by Crippen LogP contribution is 2.40. The summed E-state index contributed by atoms with van der Waals surface area (Å²) < 4.78 is 23.9. The molecule has 0 spiro atoms. The molecule has 2 aromatic carbocycles. The van der Waals surface area contributed by atoms with E-state index in [0.29, 0.717) is 34.5 Å². The molecule has 3 aromatic heterocycles. The van der Waals surface area contributed by atoms with E-state index in [9.17, 15) is 4.79 Å². The molecule has 2 aliphatic rings. The number of anilines is 2. The molecular weight excluding hydrogens is 667 g/mol. The molecule has 256 valence electrons. The molecule has 5 aromatic rings. The number of nitrogens with zero attached hydrogens (tertiary/aromatic N) is 8. The van der Waals surface area contributed by atoms with Gasteiger partial charge in [0.1, 0.15) is 30.6 Å². The highest BCUT2D eigenvalue weighted by atomic mass is 35.5. The summed E-state index contributed by atoms with van der Waals surface area (Å²) in [6.45, 7) is 8.38. The van der Waals surface area contributed by atoms with E-state index in [2.05, 4.69) is 32.0 Å². The number of hydrogen-bond acceptors (Lipinski definition) is 9. The molecule has 14 heteroatoms. The molecule has 2 fully saturated rings. The van der Waals surface area contributed by atoms with E-state index in [-0.39, 0.29) is 24.4 Å². The molecule has 2 aliphatic heterocycles. The van der Waals surface area contributed by atoms with Crippen molar-refractivity contribution in [1.29, 1.82) is 0 Å². The Kier molecular flexibility index (Phi) is 9.64. The van der Waals surface area contributed by atoms with Gasteiger partial charge in [-0.3, -0.25) is 0 Å². The van der Waals surface area contributed by atoms with Gasteiger partial charge in [-0.25, -0.2) is 24.0 Å². The van der Waals surface area contributed by atoms with Crippen molar-refractivity contribution in [2.24, 2.45) is 0 Å². The van der Waals surface area contributed by atoms with Crippen molar-refractivity contribution in [3.63, 3.8) is 0 Å². The van der Waals surface area contributed by atoms with Crippen LogP contribution in [-0.4, -0.2) is 74.4 Å². The lowest BCUT2D eigenvalue weighted by molar-refractivity contribution is -0.189. The first-order valence-corrected chi connectivity index (χ1v) is 17.2. The number of aromatic nitrogens is 6. The minimum atomic E-state index is -1.11. The molecule has 0 radical (unpaired) electrons. The summed E-state index contributed by atoms with van der Waals surface area (Å²) in [5.74, 6) is 0.438. The summed E-state index contributed by atoms with van der Waals surface area (Å²) in [5.41, 5.74) is 2.50. The number of ether oxygens (including phenoxy) is 3. The Hall–Kier alpha value is -4.36. The van der Waals surface area contributed by atoms with Crippen molar-refractivity contribution < 1.29 is 14.2 Å². The van der Waals surface area contributed by atoms with Crippen LogP contribution >= 0.6 is 23.2 Å². The molecule has 0 saturated carbocycles. The Morgan fingerprint density at radius 2 is 1.78 bits per heavy atom. The Morgan fingerprint density at radius 1 is 1.00 bits per heavy atom. The van der Waals surface area contributed by atoms with Gasteiger partial charge in [-0.2, -0.15) is 5.10 Å². The summed E-state index contributed by atoms with van der Waals surface area (Å²) >= 11 is 12.8. The molecule has 0 aliphatic carbocycles. The predicted molar refractivity (Wildman–Crippen MR) is 188 cm³/mol. The van der Waals surface area contributed by atoms with E-state index >= 15 is 0 Å². The molecular formula is C35H38Cl2N8O4. The van der Waals surface area contributed by atoms with E-state index in [1.165, 1.54) is 4.68 Å². The van der Waals surface area contributed by atoms with E-state index in [0.717, 1.165) is 49.8 Å². The number of benzene rings is 2. The number of piperazine rings is 1. The van der Waals surface area contributed by atoms with Crippen molar-refractivity contribution in [2.45, 2.75) is 44.7 Å². The second-order valence-corrected chi connectivity index (χ2v) is 13.1. The first-order chi connectivity index (χ1) is 23.8. The third-order valence-electron chi connectivity index (χ3n) is 9.11. The minimum absolute atomic E-state index is 0.0611. The van der Waals surface area contributed by atoms with Crippen LogP contribution in [0.3, 0.4) is 0 Å². The monoisotopic (exact) mass is 704 g/mol. The second kappa shape index (κ2) is 14.2. The van der Waals surface area contributed by atoms with Crippen LogP contribution in [0.25, 0.3) is 5.69 Å². The van der Waals surface area contributed by atoms with Crippen molar-refractivity contribution in [2.75, 3.05) is 49.2 Å². The highest BCUT2D eigenvalue weighted by molar-refractivity contribution is 6.35. The average Bonchev–Trinajstić information content (AvgIpc) is 3.88. The third kappa shape index (κ3) is 7.04. The Bertz CT molecular complexity index is 1910. The lowest BCUT2D eigenvalue weighted by Gasteiger charge is -2.36. The zero-order valence-corrected chi connectivity index (χ0v) is 28.9. The normalized spacial score (nSPS) is 20.1. The number of halogens is 2. The van der Waals surface area contributed by atoms with Crippen molar-refractivity contribution in [1.82, 2.24) is 28.9 Å². The Balaban J connectivity index is 0.925. The molecule has 0 N–H and O–H groups in total. The number of rotatable bonds is 11. The zero-order valence-electron chi connectivity index (χ0n) is 27.4. The summed E-state index contributed by atoms with van der Waals surface area (Å²) in [5, 5.41) is 5.30. The van der Waals surface area contributed by atoms with Crippen LogP contribution < -0.4 is 20.2 Å². The Labute approximate surface area is 294 Å². The molecule has 49 heavy (non-hydrogen) atoms. The first kappa shape index (κ1) is 33.2. The topological polar surface area (TPSA) is 105 Å². The van der Waals surface area contributed by atoms with Crippen LogP contribution in [0.4, 0.5) is 11.5 Å². The number of hydrogen-bond donors (Lipinski definition) is 0. The van der Waals surface area contributed by atoms with Crippen LogP contribution in [-0.2, 0) is 21.8 Å². The van der Waals surface area contributed by atoms with E-state index in [1.807, 2.05) is 54.9 Å². The maximum atomic E-state index is 12.8. The molecule has 3 atom stereocenters. The molecule has 2 saturated heterocycles. The molecule has 0 bridgehead atoms. The lowest BCUT2D eigenvalue weighted by Crippen LogP contribution is -2.46. The predicted octanol–water partition coefficient (Wildman–Crippen LogP) is 5.58. The summed E-state index contributed by atoms with van der Waals surface area (Å²) in [7, 11) is 0. The van der Waals surface area contributed by atoms with Gasteiger partial charge in [0.2, 0.25) is 5.79 Å². The fraction of sp³-hybridized carbons (Fsp3) is 0.371. The minimum Gasteiger partial charge on any atom is -0.489 e. The molecule has 5 heterocycles. The fourth-order valence-corrected chi connectivity index (χ4v) is 6.75. The quantitative estimate of drug-likeness (QED) is 0.174. The zero-order chi connectivity index (χ0) is 34.0. The van der Waals surface area contributed by atoms with E-state index in [1.54, 1.807) is 41.7 Å². The average molecular weight is 706 g/mol. The van der Waals surface area contributed by atoms with Crippen LogP contribution in [0.2, 0.25) is 10.0 Å². The lowest BCUT2D eigenvalue weighted by atomic mass is 10.1. The molecule has 7 rings (SSSR count). The number of imidazole rings is 1. The van der Waals surface area contributed by atoms with Crippen LogP contribution in [0.15, 0.2) is 90.6 Å². The van der Waals surface area contributed by atoms with E-state index in [4.69, 9.17) is 42.4 Å². The van der Waals surface area contributed by atoms with Crippen molar-refractivity contribution in [3.05, 3.63) is 112 Å². The summed E-state index contributed by atoms with van der Waals surface area (Å²) in [6, 6.07) is 17.3. The fourth-order valence-electron chi connectivity index (χ4n) is 6.20. The van der Waals surface area contributed by atoms with Gasteiger partial charge in [0, 0.05) is 54.8 Å². The van der Waals surface area contributed by atoms with Gasteiger partial charge in [-0.05, 0) is 61.9 Å². The smallest absolute Gasteiger partial charge is 0.350 e. The first-order valence-electron chi connectivity index (χ1n) is 16.4. The van der Waals surface area contributed by atoms with E-state index < -0.39 is 5.79 Å². The van der Waals surface area contributed by atoms with Gasteiger partial charge >= 0.3 is 5.69 Å². The van der Waals surface area contributed by atoms with Crippen LogP contribution in [0.5, 0.6) is 5.75 Å². The molecule has 0 unspecified atom stereocenters. The Morgan fingerprint density at radius 3 is 2.47 bits per heavy atom. The van der Waals surface area contributed by atoms with Gasteiger partial charge in [0.05, 0.1) is 42.4 Å². The largest absolute Gasteiger partial charge is 0.489 e. The standard InChI is InChI=1S/C35H38Cl2N8O4/c1-3-25(2)45-34(46)44(24-40-45)28-7-5-27(6-8-28)42-14-16-43(17-15-42)33-11-9-29(19-39-33)47-20-30-21-48-35(49-30,22-41-13-12-38-23-41)31-10-4-26(36)18-32(31)37/h4-13,18-19,23-25,30H,3,14-17,20-22H2,1-2H3/t25-,30+,35+/m0/s1. The number of pyridine rings is 1. The maximum Gasteiger partial charge on any atom is 0.350 e.